The third-order valence-corrected chi connectivity index (χ3v) is 9.52. The maximum atomic E-state index is 14.5. The molecule has 152 valence electrons. The second-order valence-corrected chi connectivity index (χ2v) is 10.6. The molecule has 4 rings (SSSR count). The van der Waals surface area contributed by atoms with E-state index in [1.807, 2.05) is 0 Å². The summed E-state index contributed by atoms with van der Waals surface area (Å²) < 4.78 is 58.0. The van der Waals surface area contributed by atoms with E-state index >= 15 is 0 Å². The van der Waals surface area contributed by atoms with E-state index in [0.29, 0.717) is 16.9 Å². The molecule has 2 aliphatic carbocycles. The molecule has 0 N–H and O–H groups in total. The predicted molar refractivity (Wildman–Crippen MR) is 104 cm³/mol. The molecule has 1 aromatic carbocycles. The summed E-state index contributed by atoms with van der Waals surface area (Å²) in [5.41, 5.74) is 0.843. The predicted octanol–water partition coefficient (Wildman–Crippen LogP) is 6.20. The minimum atomic E-state index is -1.38. The van der Waals surface area contributed by atoms with Crippen LogP contribution in [0.4, 0.5) is 17.6 Å². The van der Waals surface area contributed by atoms with Crippen LogP contribution in [0, 0.1) is 23.3 Å². The SMILES string of the molecule is Fc1cc(F)c(F)c(-n2ccnc2P(C2CCCCC2)C2CCCCC2)c1F. The van der Waals surface area contributed by atoms with E-state index in [2.05, 4.69) is 4.98 Å². The molecule has 0 unspecified atom stereocenters. The Hall–Kier alpha value is -1.42. The lowest BCUT2D eigenvalue weighted by Gasteiger charge is -2.38. The lowest BCUT2D eigenvalue weighted by Crippen LogP contribution is -2.31. The van der Waals surface area contributed by atoms with Gasteiger partial charge in [-0.25, -0.2) is 22.5 Å². The molecule has 0 aliphatic heterocycles. The molecule has 0 spiro atoms. The molecule has 2 aromatic rings. The van der Waals surface area contributed by atoms with E-state index in [0.717, 1.165) is 51.4 Å². The lowest BCUT2D eigenvalue weighted by molar-refractivity contribution is 0.448. The highest BCUT2D eigenvalue weighted by Gasteiger charge is 2.36. The molecule has 1 aromatic heterocycles. The number of nitrogens with zero attached hydrogens (tertiary/aromatic N) is 2. The summed E-state index contributed by atoms with van der Waals surface area (Å²) in [5, 5.41) is 0. The van der Waals surface area contributed by atoms with Crippen LogP contribution >= 0.6 is 7.92 Å². The van der Waals surface area contributed by atoms with Gasteiger partial charge >= 0.3 is 0 Å². The van der Waals surface area contributed by atoms with Crippen molar-refractivity contribution in [1.82, 2.24) is 9.55 Å². The Balaban J connectivity index is 1.80. The van der Waals surface area contributed by atoms with Crippen LogP contribution < -0.4 is 5.57 Å². The van der Waals surface area contributed by atoms with Gasteiger partial charge in [0.05, 0.1) is 0 Å². The summed E-state index contributed by atoms with van der Waals surface area (Å²) in [4.78, 5) is 4.50. The fourth-order valence-electron chi connectivity index (χ4n) is 4.78. The summed E-state index contributed by atoms with van der Waals surface area (Å²) in [6, 6.07) is 0.260. The van der Waals surface area contributed by atoms with Crippen LogP contribution in [0.5, 0.6) is 0 Å². The minimum Gasteiger partial charge on any atom is -0.294 e. The van der Waals surface area contributed by atoms with Gasteiger partial charge < -0.3 is 0 Å². The first-order valence-corrected chi connectivity index (χ1v) is 11.7. The van der Waals surface area contributed by atoms with Crippen molar-refractivity contribution >= 4 is 13.5 Å². The van der Waals surface area contributed by atoms with Gasteiger partial charge in [0.2, 0.25) is 0 Å². The molecule has 0 saturated heterocycles. The molecule has 0 atom stereocenters. The van der Waals surface area contributed by atoms with Gasteiger partial charge in [0.25, 0.3) is 0 Å². The zero-order valence-corrected chi connectivity index (χ0v) is 16.7. The van der Waals surface area contributed by atoms with E-state index in [1.165, 1.54) is 29.8 Å². The summed E-state index contributed by atoms with van der Waals surface area (Å²) >= 11 is 0. The van der Waals surface area contributed by atoms with Crippen molar-refractivity contribution in [3.63, 3.8) is 0 Å². The topological polar surface area (TPSA) is 17.8 Å². The molecular formula is C21H25F4N2P. The standard InChI is InChI=1S/C21H25F4N2P/c22-16-13-17(23)19(25)20(18(16)24)27-12-11-26-21(27)28(14-7-3-1-4-8-14)15-9-5-2-6-10-15/h11-15H,1-10H2. The molecule has 2 saturated carbocycles. The van der Waals surface area contributed by atoms with Crippen LogP contribution in [0.25, 0.3) is 5.69 Å². The fourth-order valence-corrected chi connectivity index (χ4v) is 8.48. The molecule has 0 bridgehead atoms. The molecular weight excluding hydrogens is 387 g/mol. The Kier molecular flexibility index (Phi) is 6.05. The van der Waals surface area contributed by atoms with E-state index in [9.17, 15) is 17.6 Å². The quantitative estimate of drug-likeness (QED) is 0.332. The Morgan fingerprint density at radius 1 is 0.786 bits per heavy atom. The zero-order chi connectivity index (χ0) is 19.7. The third-order valence-electron chi connectivity index (χ3n) is 6.12. The summed E-state index contributed by atoms with van der Waals surface area (Å²) in [7, 11) is -0.770. The molecule has 2 nitrogen and oxygen atoms in total. The average Bonchev–Trinajstić information content (AvgIpc) is 3.17. The van der Waals surface area contributed by atoms with Gasteiger partial charge in [-0.3, -0.25) is 4.57 Å². The van der Waals surface area contributed by atoms with Gasteiger partial charge in [0.15, 0.2) is 23.3 Å². The number of imidazole rings is 1. The third kappa shape index (κ3) is 3.72. The van der Waals surface area contributed by atoms with Crippen LogP contribution in [0.1, 0.15) is 64.2 Å². The zero-order valence-electron chi connectivity index (χ0n) is 15.8. The Bertz CT molecular complexity index is 782. The van der Waals surface area contributed by atoms with E-state index in [1.54, 1.807) is 0 Å². The smallest absolute Gasteiger partial charge is 0.186 e. The summed E-state index contributed by atoms with van der Waals surface area (Å²) in [6.07, 6.45) is 14.4. The van der Waals surface area contributed by atoms with Gasteiger partial charge in [-0.1, -0.05) is 38.5 Å². The number of hydrogen-bond acceptors (Lipinski definition) is 1. The minimum absolute atomic E-state index is 0.260. The second-order valence-electron chi connectivity index (χ2n) is 7.90. The van der Waals surface area contributed by atoms with Crippen molar-refractivity contribution in [2.24, 2.45) is 0 Å². The van der Waals surface area contributed by atoms with Gasteiger partial charge in [-0.05, 0) is 44.9 Å². The maximum absolute atomic E-state index is 14.5. The Morgan fingerprint density at radius 2 is 1.29 bits per heavy atom. The van der Waals surface area contributed by atoms with Crippen molar-refractivity contribution in [2.75, 3.05) is 0 Å². The number of benzene rings is 1. The summed E-state index contributed by atoms with van der Waals surface area (Å²) in [5.74, 6) is -5.48. The largest absolute Gasteiger partial charge is 0.294 e. The van der Waals surface area contributed by atoms with E-state index < -0.39 is 36.9 Å². The van der Waals surface area contributed by atoms with Gasteiger partial charge in [0.1, 0.15) is 11.3 Å². The number of aromatic nitrogens is 2. The fraction of sp³-hybridized carbons (Fsp3) is 0.571. The molecule has 1 heterocycles. The highest BCUT2D eigenvalue weighted by Crippen LogP contribution is 2.54. The van der Waals surface area contributed by atoms with Gasteiger partial charge in [0, 0.05) is 18.5 Å². The van der Waals surface area contributed by atoms with E-state index in [4.69, 9.17) is 0 Å². The monoisotopic (exact) mass is 412 g/mol. The molecule has 2 fully saturated rings. The van der Waals surface area contributed by atoms with Crippen LogP contribution in [-0.2, 0) is 0 Å². The average molecular weight is 412 g/mol. The van der Waals surface area contributed by atoms with E-state index in [-0.39, 0.29) is 6.07 Å². The summed E-state index contributed by atoms with van der Waals surface area (Å²) in [6.45, 7) is 0. The van der Waals surface area contributed by atoms with Gasteiger partial charge in [-0.2, -0.15) is 0 Å². The first kappa shape index (κ1) is 19.9. The van der Waals surface area contributed by atoms with Crippen LogP contribution in [0.2, 0.25) is 0 Å². The van der Waals surface area contributed by atoms with Crippen molar-refractivity contribution < 1.29 is 17.6 Å². The molecule has 0 radical (unpaired) electrons. The highest BCUT2D eigenvalue weighted by molar-refractivity contribution is 7.66. The lowest BCUT2D eigenvalue weighted by atomic mass is 9.99. The Labute approximate surface area is 164 Å². The van der Waals surface area contributed by atoms with Gasteiger partial charge in [-0.15, -0.1) is 0 Å². The first-order valence-electron chi connectivity index (χ1n) is 10.2. The normalized spacial score (nSPS) is 19.5. The molecule has 7 heteroatoms. The van der Waals surface area contributed by atoms with Crippen LogP contribution in [0.3, 0.4) is 0 Å². The molecule has 2 aliphatic rings. The highest BCUT2D eigenvalue weighted by atomic mass is 31.1. The molecule has 0 amide bonds. The number of halogens is 4. The number of hydrogen-bond donors (Lipinski definition) is 0. The van der Waals surface area contributed by atoms with Crippen molar-refractivity contribution in [3.8, 4) is 5.69 Å². The molecule has 28 heavy (non-hydrogen) atoms. The van der Waals surface area contributed by atoms with Crippen LogP contribution in [-0.4, -0.2) is 20.9 Å². The Morgan fingerprint density at radius 3 is 1.79 bits per heavy atom. The first-order chi connectivity index (χ1) is 13.6. The van der Waals surface area contributed by atoms with Crippen molar-refractivity contribution in [1.29, 1.82) is 0 Å². The second kappa shape index (κ2) is 8.52. The van der Waals surface area contributed by atoms with Crippen molar-refractivity contribution in [3.05, 3.63) is 41.7 Å². The maximum Gasteiger partial charge on any atom is 0.186 e. The van der Waals surface area contributed by atoms with Crippen LogP contribution in [0.15, 0.2) is 18.5 Å². The number of rotatable bonds is 4. The van der Waals surface area contributed by atoms with Crippen molar-refractivity contribution in [2.45, 2.75) is 75.5 Å².